The molecule has 32 heavy (non-hydrogen) atoms. The lowest BCUT2D eigenvalue weighted by Gasteiger charge is -2.09. The van der Waals surface area contributed by atoms with Crippen LogP contribution in [0.3, 0.4) is 0 Å². The molecule has 5 rings (SSSR count). The van der Waals surface area contributed by atoms with E-state index in [9.17, 15) is 8.42 Å². The minimum atomic E-state index is -3.97. The first-order valence-corrected chi connectivity index (χ1v) is 11.4. The second-order valence-electron chi connectivity index (χ2n) is 7.35. The topological polar surface area (TPSA) is 100 Å². The van der Waals surface area contributed by atoms with Gasteiger partial charge in [0, 0.05) is 0 Å². The molecule has 0 atom stereocenters. The van der Waals surface area contributed by atoms with Gasteiger partial charge in [-0.2, -0.15) is 0 Å². The summed E-state index contributed by atoms with van der Waals surface area (Å²) in [5, 5.41) is 0. The molecule has 0 aliphatic rings. The number of hydrogen-bond donors (Lipinski definition) is 1. The van der Waals surface area contributed by atoms with Gasteiger partial charge in [0.25, 0.3) is 0 Å². The van der Waals surface area contributed by atoms with E-state index in [1.165, 1.54) is 19.2 Å². The molecule has 3 aromatic carbocycles. The number of methoxy groups -OCH3 is 1. The van der Waals surface area contributed by atoms with E-state index >= 15 is 0 Å². The molecule has 0 saturated heterocycles. The van der Waals surface area contributed by atoms with Crippen molar-refractivity contribution in [3.63, 3.8) is 0 Å². The Balaban J connectivity index is 1.79. The monoisotopic (exact) mass is 444 g/mol. The smallest absolute Gasteiger partial charge is 0.212 e. The third-order valence-electron chi connectivity index (χ3n) is 5.37. The predicted octanol–water partition coefficient (Wildman–Crippen LogP) is 4.06. The van der Waals surface area contributed by atoms with Crippen LogP contribution in [0.15, 0.2) is 88.7 Å². The van der Waals surface area contributed by atoms with Crippen LogP contribution in [0.2, 0.25) is 0 Å². The van der Waals surface area contributed by atoms with Gasteiger partial charge in [-0.25, -0.2) is 18.4 Å². The average molecular weight is 445 g/mol. The zero-order chi connectivity index (χ0) is 22.3. The molecule has 0 aliphatic carbocycles. The molecular formula is C24H20N4O3S. The highest BCUT2D eigenvalue weighted by molar-refractivity contribution is 7.92. The first-order chi connectivity index (χ1) is 15.5. The van der Waals surface area contributed by atoms with Gasteiger partial charge < -0.3 is 15.0 Å². The number of fused-ring (bicyclic) bond motifs is 2. The van der Waals surface area contributed by atoms with Crippen molar-refractivity contribution in [3.8, 4) is 5.75 Å². The van der Waals surface area contributed by atoms with Crippen LogP contribution in [0.5, 0.6) is 5.75 Å². The Labute approximate surface area is 185 Å². The number of benzene rings is 3. The van der Waals surface area contributed by atoms with Crippen molar-refractivity contribution in [3.05, 3.63) is 84.4 Å². The summed E-state index contributed by atoms with van der Waals surface area (Å²) in [6, 6.07) is 23.2. The van der Waals surface area contributed by atoms with Crippen molar-refractivity contribution in [2.24, 2.45) is 0 Å². The zero-order valence-electron chi connectivity index (χ0n) is 17.3. The SMILES string of the molecule is COc1ccc(S(=O)(=O)c2c(N)n(Cc3ccccc3)c3nc4ccccc4nc23)cc1. The minimum Gasteiger partial charge on any atom is -0.497 e. The standard InChI is InChI=1S/C24H20N4O3S/c1-31-17-11-13-18(14-12-17)32(29,30)22-21-24(27-20-10-6-5-9-19(20)26-21)28(23(22)25)15-16-7-3-2-4-8-16/h2-14H,15,25H2,1H3. The largest absolute Gasteiger partial charge is 0.497 e. The van der Waals surface area contributed by atoms with E-state index in [4.69, 9.17) is 15.5 Å². The van der Waals surface area contributed by atoms with Gasteiger partial charge in [0.2, 0.25) is 9.84 Å². The van der Waals surface area contributed by atoms with Crippen LogP contribution in [0.1, 0.15) is 5.56 Å². The Hall–Kier alpha value is -3.91. The van der Waals surface area contributed by atoms with Gasteiger partial charge >= 0.3 is 0 Å². The third-order valence-corrected chi connectivity index (χ3v) is 7.20. The Morgan fingerprint density at radius 1 is 0.875 bits per heavy atom. The maximum atomic E-state index is 13.7. The molecular weight excluding hydrogens is 424 g/mol. The molecule has 5 aromatic rings. The molecule has 0 saturated carbocycles. The first kappa shape index (κ1) is 20.0. The van der Waals surface area contributed by atoms with Crippen LogP contribution in [-0.2, 0) is 16.4 Å². The summed E-state index contributed by atoms with van der Waals surface area (Å²) in [5.74, 6) is 0.671. The van der Waals surface area contributed by atoms with E-state index in [2.05, 4.69) is 4.98 Å². The van der Waals surface area contributed by atoms with E-state index in [0.29, 0.717) is 29.0 Å². The van der Waals surface area contributed by atoms with Gasteiger partial charge in [0.15, 0.2) is 5.65 Å². The van der Waals surface area contributed by atoms with Gasteiger partial charge in [0.1, 0.15) is 22.0 Å². The van der Waals surface area contributed by atoms with Crippen LogP contribution in [0.25, 0.3) is 22.2 Å². The fraction of sp³-hybridized carbons (Fsp3) is 0.0833. The summed E-state index contributed by atoms with van der Waals surface area (Å²) in [6.45, 7) is 0.369. The summed E-state index contributed by atoms with van der Waals surface area (Å²) >= 11 is 0. The van der Waals surface area contributed by atoms with Gasteiger partial charge in [-0.3, -0.25) is 0 Å². The number of hydrogen-bond acceptors (Lipinski definition) is 6. The fourth-order valence-corrected chi connectivity index (χ4v) is 5.26. The zero-order valence-corrected chi connectivity index (χ0v) is 18.1. The quantitative estimate of drug-likeness (QED) is 0.439. The minimum absolute atomic E-state index is 0.0353. The highest BCUT2D eigenvalue weighted by Gasteiger charge is 2.30. The summed E-state index contributed by atoms with van der Waals surface area (Å²) in [5.41, 5.74) is 9.41. The molecule has 0 spiro atoms. The maximum absolute atomic E-state index is 13.7. The number of nitrogens with two attached hydrogens (primary N) is 1. The van der Waals surface area contributed by atoms with Crippen molar-refractivity contribution in [1.82, 2.24) is 14.5 Å². The van der Waals surface area contributed by atoms with Crippen LogP contribution in [0, 0.1) is 0 Å². The molecule has 0 aliphatic heterocycles. The molecule has 160 valence electrons. The van der Waals surface area contributed by atoms with Crippen molar-refractivity contribution < 1.29 is 13.2 Å². The molecule has 7 nitrogen and oxygen atoms in total. The highest BCUT2D eigenvalue weighted by Crippen LogP contribution is 2.36. The van der Waals surface area contributed by atoms with Gasteiger partial charge in [-0.15, -0.1) is 0 Å². The Bertz CT molecular complexity index is 1540. The lowest BCUT2D eigenvalue weighted by Crippen LogP contribution is -2.09. The predicted molar refractivity (Wildman–Crippen MR) is 123 cm³/mol. The number of rotatable bonds is 5. The van der Waals surface area contributed by atoms with Crippen LogP contribution >= 0.6 is 0 Å². The summed E-state index contributed by atoms with van der Waals surface area (Å²) in [4.78, 5) is 9.46. The normalized spacial score (nSPS) is 11.8. The molecule has 0 radical (unpaired) electrons. The second-order valence-corrected chi connectivity index (χ2v) is 9.24. The summed E-state index contributed by atoms with van der Waals surface area (Å²) in [6.07, 6.45) is 0. The first-order valence-electron chi connectivity index (χ1n) is 9.96. The Kier molecular flexibility index (Phi) is 4.79. The molecule has 0 amide bonds. The van der Waals surface area contributed by atoms with E-state index in [1.54, 1.807) is 22.8 Å². The number of ether oxygens (including phenoxy) is 1. The number of nitrogens with zero attached hydrogens (tertiary/aromatic N) is 3. The number of para-hydroxylation sites is 2. The van der Waals surface area contributed by atoms with Gasteiger partial charge in [-0.1, -0.05) is 42.5 Å². The molecule has 2 heterocycles. The number of aromatic nitrogens is 3. The number of anilines is 1. The highest BCUT2D eigenvalue weighted by atomic mass is 32.2. The van der Waals surface area contributed by atoms with Crippen LogP contribution in [0.4, 0.5) is 5.82 Å². The van der Waals surface area contributed by atoms with E-state index in [1.807, 2.05) is 48.5 Å². The lowest BCUT2D eigenvalue weighted by molar-refractivity contribution is 0.414. The molecule has 2 aromatic heterocycles. The van der Waals surface area contributed by atoms with E-state index in [-0.39, 0.29) is 21.1 Å². The number of sulfone groups is 1. The average Bonchev–Trinajstić information content (AvgIpc) is 3.09. The Morgan fingerprint density at radius 3 is 2.16 bits per heavy atom. The summed E-state index contributed by atoms with van der Waals surface area (Å²) < 4.78 is 34.2. The molecule has 8 heteroatoms. The molecule has 2 N–H and O–H groups in total. The van der Waals surface area contributed by atoms with Crippen LogP contribution in [-0.4, -0.2) is 30.1 Å². The third kappa shape index (κ3) is 3.25. The van der Waals surface area contributed by atoms with Crippen LogP contribution < -0.4 is 10.5 Å². The molecule has 0 fully saturated rings. The van der Waals surface area contributed by atoms with Crippen molar-refractivity contribution >= 4 is 37.9 Å². The van der Waals surface area contributed by atoms with Gasteiger partial charge in [-0.05, 0) is 42.0 Å². The van der Waals surface area contributed by atoms with E-state index < -0.39 is 9.84 Å². The Morgan fingerprint density at radius 2 is 1.50 bits per heavy atom. The molecule has 0 bridgehead atoms. The van der Waals surface area contributed by atoms with E-state index in [0.717, 1.165) is 5.56 Å². The van der Waals surface area contributed by atoms with Crippen molar-refractivity contribution in [2.45, 2.75) is 16.3 Å². The second kappa shape index (κ2) is 7.65. The van der Waals surface area contributed by atoms with Crippen molar-refractivity contribution in [2.75, 3.05) is 12.8 Å². The summed E-state index contributed by atoms with van der Waals surface area (Å²) in [7, 11) is -2.44. The maximum Gasteiger partial charge on any atom is 0.212 e. The lowest BCUT2D eigenvalue weighted by atomic mass is 10.2. The fourth-order valence-electron chi connectivity index (χ4n) is 3.75. The molecule has 0 unspecified atom stereocenters. The number of nitrogen functional groups attached to an aromatic ring is 1. The van der Waals surface area contributed by atoms with Gasteiger partial charge in [0.05, 0.1) is 29.6 Å². The van der Waals surface area contributed by atoms with Crippen molar-refractivity contribution in [1.29, 1.82) is 0 Å².